The molecule has 0 saturated carbocycles. The minimum absolute atomic E-state index is 0. The quantitative estimate of drug-likeness (QED) is 0.633. The zero-order chi connectivity index (χ0) is 25.8. The molecular weight excluding hydrogens is 462 g/mol. The van der Waals surface area contributed by atoms with Crippen molar-refractivity contribution in [2.45, 2.75) is 77.2 Å². The molecule has 3 aliphatic heterocycles. The average Bonchev–Trinajstić information content (AvgIpc) is 3.66. The Balaban J connectivity index is 0.00000110. The van der Waals surface area contributed by atoms with Gasteiger partial charge in [-0.15, -0.1) is 0 Å². The predicted octanol–water partition coefficient (Wildman–Crippen LogP) is 3.92. The van der Waals surface area contributed by atoms with Crippen LogP contribution in [0.1, 0.15) is 69.4 Å². The van der Waals surface area contributed by atoms with E-state index in [2.05, 4.69) is 57.4 Å². The normalized spacial score (nSPS) is 25.2. The van der Waals surface area contributed by atoms with Crippen molar-refractivity contribution in [3.8, 4) is 12.1 Å². The van der Waals surface area contributed by atoms with Gasteiger partial charge in [0.2, 0.25) is 0 Å². The molecule has 0 bridgehead atoms. The van der Waals surface area contributed by atoms with Gasteiger partial charge in [0.15, 0.2) is 0 Å². The molecule has 1 aromatic heterocycles. The van der Waals surface area contributed by atoms with Crippen molar-refractivity contribution in [2.75, 3.05) is 44.7 Å². The van der Waals surface area contributed by atoms with Crippen molar-refractivity contribution in [1.82, 2.24) is 25.1 Å². The van der Waals surface area contributed by atoms with E-state index in [0.29, 0.717) is 31.1 Å². The molecule has 6 rings (SSSR count). The smallest absolute Gasteiger partial charge is 0.318 e. The second kappa shape index (κ2) is 11.8. The second-order valence-electron chi connectivity index (χ2n) is 10.5. The van der Waals surface area contributed by atoms with Crippen LogP contribution in [0.25, 0.3) is 0 Å². The Kier molecular flexibility index (Phi) is 8.23. The second-order valence-corrected chi connectivity index (χ2v) is 10.5. The Hall–Kier alpha value is -2.73. The Labute approximate surface area is 223 Å². The lowest BCUT2D eigenvalue weighted by Crippen LogP contribution is -2.51. The first kappa shape index (κ1) is 25.9. The van der Waals surface area contributed by atoms with Crippen LogP contribution >= 0.6 is 0 Å². The van der Waals surface area contributed by atoms with Gasteiger partial charge < -0.3 is 19.9 Å². The highest BCUT2D eigenvalue weighted by atomic mass is 16.5. The summed E-state index contributed by atoms with van der Waals surface area (Å²) in [5, 5.41) is 12.7. The molecule has 4 aliphatic rings. The third-order valence-electron chi connectivity index (χ3n) is 8.28. The lowest BCUT2D eigenvalue weighted by molar-refractivity contribution is 0.186. The molecule has 1 aromatic carbocycles. The molecule has 37 heavy (non-hydrogen) atoms. The summed E-state index contributed by atoms with van der Waals surface area (Å²) in [6, 6.07) is 12.7. The van der Waals surface area contributed by atoms with Crippen LogP contribution in [-0.2, 0) is 19.5 Å². The van der Waals surface area contributed by atoms with Gasteiger partial charge in [-0.05, 0) is 50.4 Å². The van der Waals surface area contributed by atoms with Crippen molar-refractivity contribution in [3.05, 3.63) is 46.6 Å². The number of anilines is 1. The number of ether oxygens (including phenoxy) is 1. The number of aromatic nitrogens is 2. The van der Waals surface area contributed by atoms with Gasteiger partial charge >= 0.3 is 6.01 Å². The molecule has 0 amide bonds. The number of piperazine rings is 1. The summed E-state index contributed by atoms with van der Waals surface area (Å²) in [4.78, 5) is 17.2. The fourth-order valence-corrected chi connectivity index (χ4v) is 6.32. The molecule has 8 nitrogen and oxygen atoms in total. The van der Waals surface area contributed by atoms with Gasteiger partial charge in [-0.2, -0.15) is 15.2 Å². The SMILES string of the molecule is CC.CN1CCC[C@H]1COc1nc2c(c(N3CCN[C@@H](CC#N)C3)n1)CN(C1CCc3ccccc31)C2.[HH]. The predicted molar refractivity (Wildman–Crippen MR) is 148 cm³/mol. The largest absolute Gasteiger partial charge is 0.462 e. The number of aryl methyl sites for hydroxylation is 1. The number of likely N-dealkylation sites (tertiary alicyclic amines) is 1. The average molecular weight is 506 g/mol. The minimum Gasteiger partial charge on any atom is -0.462 e. The first-order valence-corrected chi connectivity index (χ1v) is 14.1. The fraction of sp³-hybridized carbons (Fsp3) is 0.621. The summed E-state index contributed by atoms with van der Waals surface area (Å²) in [6.07, 6.45) is 5.19. The Bertz CT molecular complexity index is 1120. The molecule has 4 heterocycles. The standard InChI is InChI=1S/C27H35N7O.C2H6.H2/c1-32-13-4-6-21(32)18-35-27-30-24-17-34(25-9-8-19-5-2-3-7-22(19)25)16-23(24)26(31-27)33-14-12-29-20(15-33)10-11-28;1-2;/h2-3,5,7,20-21,25,29H,4,6,8-10,12-18H2,1H3;1-2H3;1H/t20-,21-,25?;;/m0../s1. The van der Waals surface area contributed by atoms with E-state index in [1.165, 1.54) is 23.1 Å². The van der Waals surface area contributed by atoms with Crippen LogP contribution < -0.4 is 15.0 Å². The van der Waals surface area contributed by atoms with E-state index >= 15 is 0 Å². The molecule has 0 spiro atoms. The Morgan fingerprint density at radius 1 is 1.16 bits per heavy atom. The van der Waals surface area contributed by atoms with Crippen LogP contribution in [0, 0.1) is 11.3 Å². The number of likely N-dealkylation sites (N-methyl/N-ethyl adjacent to an activating group) is 1. The summed E-state index contributed by atoms with van der Waals surface area (Å²) in [6.45, 7) is 9.97. The monoisotopic (exact) mass is 505 g/mol. The first-order valence-electron chi connectivity index (χ1n) is 14.1. The van der Waals surface area contributed by atoms with Crippen molar-refractivity contribution in [1.29, 1.82) is 5.26 Å². The molecule has 1 N–H and O–H groups in total. The molecule has 1 aliphatic carbocycles. The number of nitrogens with one attached hydrogen (secondary N) is 1. The summed E-state index contributed by atoms with van der Waals surface area (Å²) in [5.74, 6) is 1.00. The maximum Gasteiger partial charge on any atom is 0.318 e. The molecule has 2 fully saturated rings. The van der Waals surface area contributed by atoms with E-state index in [9.17, 15) is 5.26 Å². The highest BCUT2D eigenvalue weighted by Crippen LogP contribution is 2.42. The lowest BCUT2D eigenvalue weighted by atomic mass is 10.1. The third-order valence-corrected chi connectivity index (χ3v) is 8.28. The van der Waals surface area contributed by atoms with Crippen LogP contribution in [0.3, 0.4) is 0 Å². The number of benzene rings is 1. The van der Waals surface area contributed by atoms with Crippen LogP contribution in [0.2, 0.25) is 0 Å². The first-order chi connectivity index (χ1) is 18.2. The molecular formula is C29H43N7O. The van der Waals surface area contributed by atoms with E-state index in [1.54, 1.807) is 0 Å². The Morgan fingerprint density at radius 2 is 2.03 bits per heavy atom. The topological polar surface area (TPSA) is 80.5 Å². The van der Waals surface area contributed by atoms with Gasteiger partial charge in [-0.3, -0.25) is 4.90 Å². The summed E-state index contributed by atoms with van der Waals surface area (Å²) in [5.41, 5.74) is 5.28. The van der Waals surface area contributed by atoms with E-state index in [1.807, 2.05) is 13.8 Å². The maximum absolute atomic E-state index is 9.24. The Morgan fingerprint density at radius 3 is 2.84 bits per heavy atom. The van der Waals surface area contributed by atoms with Crippen molar-refractivity contribution in [2.24, 2.45) is 0 Å². The van der Waals surface area contributed by atoms with Crippen LogP contribution in [0.15, 0.2) is 24.3 Å². The number of fused-ring (bicyclic) bond motifs is 2. The van der Waals surface area contributed by atoms with Gasteiger partial charge in [0.1, 0.15) is 12.4 Å². The summed E-state index contributed by atoms with van der Waals surface area (Å²) in [7, 11) is 2.17. The highest BCUT2D eigenvalue weighted by molar-refractivity contribution is 5.52. The molecule has 0 radical (unpaired) electrons. The number of nitrogens with zero attached hydrogens (tertiary/aromatic N) is 6. The molecule has 2 aromatic rings. The number of nitriles is 1. The van der Waals surface area contributed by atoms with Crippen molar-refractivity contribution >= 4 is 5.82 Å². The van der Waals surface area contributed by atoms with Gasteiger partial charge in [0.25, 0.3) is 0 Å². The molecule has 200 valence electrons. The molecule has 1 unspecified atom stereocenters. The van der Waals surface area contributed by atoms with Crippen LogP contribution in [0.5, 0.6) is 6.01 Å². The molecule has 8 heteroatoms. The van der Waals surface area contributed by atoms with E-state index in [4.69, 9.17) is 14.7 Å². The van der Waals surface area contributed by atoms with Gasteiger partial charge in [-0.1, -0.05) is 38.1 Å². The number of hydrogen-bond donors (Lipinski definition) is 1. The fourth-order valence-electron chi connectivity index (χ4n) is 6.32. The minimum atomic E-state index is 0. The van der Waals surface area contributed by atoms with Crippen molar-refractivity contribution in [3.63, 3.8) is 0 Å². The number of hydrogen-bond acceptors (Lipinski definition) is 8. The van der Waals surface area contributed by atoms with Gasteiger partial charge in [-0.25, -0.2) is 0 Å². The molecule has 3 atom stereocenters. The van der Waals surface area contributed by atoms with Crippen molar-refractivity contribution < 1.29 is 6.16 Å². The number of rotatable bonds is 6. The highest BCUT2D eigenvalue weighted by Gasteiger charge is 2.36. The third kappa shape index (κ3) is 5.45. The van der Waals surface area contributed by atoms with Gasteiger partial charge in [0.05, 0.1) is 18.2 Å². The zero-order valence-corrected chi connectivity index (χ0v) is 22.6. The van der Waals surface area contributed by atoms with E-state index in [-0.39, 0.29) is 7.47 Å². The van der Waals surface area contributed by atoms with E-state index in [0.717, 1.165) is 70.0 Å². The maximum atomic E-state index is 9.24. The van der Waals surface area contributed by atoms with Gasteiger partial charge in [0, 0.05) is 57.8 Å². The lowest BCUT2D eigenvalue weighted by Gasteiger charge is -2.34. The summed E-state index contributed by atoms with van der Waals surface area (Å²) >= 11 is 0. The molecule has 2 saturated heterocycles. The van der Waals surface area contributed by atoms with Crippen LogP contribution in [-0.4, -0.2) is 71.7 Å². The summed E-state index contributed by atoms with van der Waals surface area (Å²) < 4.78 is 6.23. The van der Waals surface area contributed by atoms with Crippen LogP contribution in [0.4, 0.5) is 5.82 Å². The zero-order valence-electron chi connectivity index (χ0n) is 22.6. The van der Waals surface area contributed by atoms with E-state index < -0.39 is 0 Å².